The van der Waals surface area contributed by atoms with Gasteiger partial charge in [-0.1, -0.05) is 28.1 Å². The van der Waals surface area contributed by atoms with Gasteiger partial charge in [0, 0.05) is 0 Å². The summed E-state index contributed by atoms with van der Waals surface area (Å²) in [4.78, 5) is 11.3. The van der Waals surface area contributed by atoms with Crippen LogP contribution in [0.4, 0.5) is 36.4 Å². The van der Waals surface area contributed by atoms with Gasteiger partial charge < -0.3 is 5.32 Å². The molecule has 0 heterocycles. The number of carbonyl (C=O) groups is 1. The average Bonchev–Trinajstić information content (AvgIpc) is 2.28. The van der Waals surface area contributed by atoms with Gasteiger partial charge in [-0.05, 0) is 12.1 Å². The second kappa shape index (κ2) is 5.23. The highest BCUT2D eigenvalue weighted by molar-refractivity contribution is 9.10. The van der Waals surface area contributed by atoms with Crippen LogP contribution in [0.5, 0.6) is 0 Å². The number of hydrogen-bond donors (Lipinski definition) is 1. The van der Waals surface area contributed by atoms with E-state index in [4.69, 9.17) is 0 Å². The predicted molar refractivity (Wildman–Crippen MR) is 58.8 cm³/mol. The molecule has 0 aromatic heterocycles. The first-order valence-electron chi connectivity index (χ1n) is 4.79. The minimum Gasteiger partial charge on any atom is -0.322 e. The molecule has 112 valence electrons. The van der Waals surface area contributed by atoms with Gasteiger partial charge in [-0.15, -0.1) is 0 Å². The molecule has 2 nitrogen and oxygen atoms in total. The summed E-state index contributed by atoms with van der Waals surface area (Å²) in [5.41, 5.74) is -0.796. The summed E-state index contributed by atoms with van der Waals surface area (Å²) in [5, 5.41) is 1.26. The molecule has 0 aliphatic heterocycles. The molecule has 1 rings (SSSR count). The van der Waals surface area contributed by atoms with E-state index in [0.717, 1.165) is 24.3 Å². The molecule has 0 bridgehead atoms. The lowest BCUT2D eigenvalue weighted by atomic mass is 10.1. The number of carbonyl (C=O) groups excluding carboxylic acids is 1. The van der Waals surface area contributed by atoms with Crippen LogP contribution >= 0.6 is 15.9 Å². The number of rotatable bonds is 2. The van der Waals surface area contributed by atoms with Crippen molar-refractivity contribution >= 4 is 27.5 Å². The summed E-state index contributed by atoms with van der Waals surface area (Å²) in [7, 11) is 0. The van der Waals surface area contributed by atoms with E-state index < -0.39 is 34.1 Å². The van der Waals surface area contributed by atoms with Crippen LogP contribution in [0.3, 0.4) is 0 Å². The summed E-state index contributed by atoms with van der Waals surface area (Å²) >= 11 is 1.39. The Labute approximate surface area is 116 Å². The Morgan fingerprint density at radius 3 is 1.85 bits per heavy atom. The number of benzene rings is 1. The van der Waals surface area contributed by atoms with Crippen molar-refractivity contribution in [1.82, 2.24) is 0 Å². The van der Waals surface area contributed by atoms with Crippen molar-refractivity contribution in [2.75, 3.05) is 5.32 Å². The Hall–Kier alpha value is -1.32. The molecule has 0 aliphatic carbocycles. The number of para-hydroxylation sites is 1. The fourth-order valence-corrected chi connectivity index (χ4v) is 1.29. The van der Waals surface area contributed by atoms with Crippen molar-refractivity contribution in [3.8, 4) is 0 Å². The molecule has 0 saturated carbocycles. The normalized spacial score (nSPS) is 13.2. The highest BCUT2D eigenvalue weighted by Crippen LogP contribution is 2.50. The van der Waals surface area contributed by atoms with E-state index in [1.807, 2.05) is 0 Å². The van der Waals surface area contributed by atoms with Crippen LogP contribution in [0, 0.1) is 5.82 Å². The van der Waals surface area contributed by atoms with Crippen molar-refractivity contribution in [1.29, 1.82) is 0 Å². The number of anilines is 1. The van der Waals surface area contributed by atoms with Gasteiger partial charge >= 0.3 is 12.4 Å². The maximum Gasteiger partial charge on any atom is 0.421 e. The maximum absolute atomic E-state index is 13.1. The Kier molecular flexibility index (Phi) is 4.37. The fourth-order valence-electron chi connectivity index (χ4n) is 1.19. The SMILES string of the molecule is O=C(Nc1ccccc1F)C(Br)(C(F)(F)F)C(F)(F)F. The highest BCUT2D eigenvalue weighted by atomic mass is 79.9. The first kappa shape index (κ1) is 16.7. The topological polar surface area (TPSA) is 29.1 Å². The summed E-state index contributed by atoms with van der Waals surface area (Å²) in [5.74, 6) is -3.65. The molecule has 1 amide bonds. The number of halogens is 8. The fraction of sp³-hybridized carbons (Fsp3) is 0.300. The molecular weight excluding hydrogens is 363 g/mol. The lowest BCUT2D eigenvalue weighted by Crippen LogP contribution is -2.59. The molecule has 0 unspecified atom stereocenters. The quantitative estimate of drug-likeness (QED) is 0.620. The summed E-state index contributed by atoms with van der Waals surface area (Å²) < 4.78 is 83.5. The molecule has 0 fully saturated rings. The van der Waals surface area contributed by atoms with Gasteiger partial charge in [0.25, 0.3) is 10.2 Å². The first-order valence-corrected chi connectivity index (χ1v) is 5.59. The van der Waals surface area contributed by atoms with Crippen molar-refractivity contribution < 1.29 is 35.5 Å². The smallest absolute Gasteiger partial charge is 0.322 e. The molecule has 0 aliphatic rings. The van der Waals surface area contributed by atoms with Crippen molar-refractivity contribution in [2.45, 2.75) is 16.7 Å². The van der Waals surface area contributed by atoms with E-state index in [9.17, 15) is 35.5 Å². The minimum atomic E-state index is -5.96. The molecular formula is C10H5BrF7NO. The van der Waals surface area contributed by atoms with E-state index >= 15 is 0 Å². The van der Waals surface area contributed by atoms with Crippen LogP contribution in [0.2, 0.25) is 0 Å². The predicted octanol–water partition coefficient (Wildman–Crippen LogP) is 4.02. The van der Waals surface area contributed by atoms with Crippen LogP contribution in [-0.2, 0) is 4.79 Å². The van der Waals surface area contributed by atoms with Gasteiger partial charge in [0.05, 0.1) is 5.69 Å². The zero-order valence-corrected chi connectivity index (χ0v) is 10.8. The Balaban J connectivity index is 3.19. The van der Waals surface area contributed by atoms with Crippen LogP contribution in [0.25, 0.3) is 0 Å². The van der Waals surface area contributed by atoms with Crippen molar-refractivity contribution in [3.63, 3.8) is 0 Å². The van der Waals surface area contributed by atoms with E-state index in [2.05, 4.69) is 0 Å². The number of nitrogens with one attached hydrogen (secondary N) is 1. The van der Waals surface area contributed by atoms with Crippen LogP contribution in [-0.4, -0.2) is 22.6 Å². The maximum atomic E-state index is 13.1. The molecule has 0 atom stereocenters. The average molecular weight is 368 g/mol. The van der Waals surface area contributed by atoms with Crippen molar-refractivity contribution in [2.24, 2.45) is 0 Å². The van der Waals surface area contributed by atoms with E-state index in [0.29, 0.717) is 0 Å². The summed E-state index contributed by atoms with van der Waals surface area (Å²) in [6.07, 6.45) is -11.9. The van der Waals surface area contributed by atoms with E-state index in [1.165, 1.54) is 21.2 Å². The second-order valence-corrected chi connectivity index (χ2v) is 4.78. The van der Waals surface area contributed by atoms with E-state index in [1.54, 1.807) is 0 Å². The van der Waals surface area contributed by atoms with Crippen LogP contribution in [0.1, 0.15) is 0 Å². The number of amides is 1. The third-order valence-corrected chi connectivity index (χ3v) is 3.48. The lowest BCUT2D eigenvalue weighted by molar-refractivity contribution is -0.253. The van der Waals surface area contributed by atoms with Crippen molar-refractivity contribution in [3.05, 3.63) is 30.1 Å². The zero-order valence-electron chi connectivity index (χ0n) is 9.24. The molecule has 1 aromatic carbocycles. The Morgan fingerprint density at radius 2 is 1.45 bits per heavy atom. The molecule has 10 heteroatoms. The van der Waals surface area contributed by atoms with Gasteiger partial charge in [0.1, 0.15) is 5.82 Å². The Bertz CT molecular complexity index is 497. The number of hydrogen-bond acceptors (Lipinski definition) is 1. The molecule has 0 radical (unpaired) electrons. The van der Waals surface area contributed by atoms with Gasteiger partial charge in [-0.25, -0.2) is 4.39 Å². The van der Waals surface area contributed by atoms with Gasteiger partial charge in [-0.3, -0.25) is 4.79 Å². The Morgan fingerprint density at radius 1 is 1.00 bits per heavy atom. The minimum absolute atomic E-state index is 0.771. The van der Waals surface area contributed by atoms with Gasteiger partial charge in [0.15, 0.2) is 0 Å². The monoisotopic (exact) mass is 367 g/mol. The molecule has 1 N–H and O–H groups in total. The lowest BCUT2D eigenvalue weighted by Gasteiger charge is -2.30. The molecule has 20 heavy (non-hydrogen) atoms. The molecule has 0 saturated heterocycles. The summed E-state index contributed by atoms with van der Waals surface area (Å²) in [6.45, 7) is 0. The van der Waals surface area contributed by atoms with Crippen LogP contribution < -0.4 is 5.32 Å². The highest BCUT2D eigenvalue weighted by Gasteiger charge is 2.74. The molecule has 1 aromatic rings. The third-order valence-electron chi connectivity index (χ3n) is 2.22. The largest absolute Gasteiger partial charge is 0.421 e. The van der Waals surface area contributed by atoms with Gasteiger partial charge in [0.2, 0.25) is 0 Å². The van der Waals surface area contributed by atoms with Crippen LogP contribution in [0.15, 0.2) is 24.3 Å². The standard InChI is InChI=1S/C10H5BrF7NO/c11-8(9(13,14)15,10(16,17)18)7(20)19-6-4-2-1-3-5(6)12/h1-4H,(H,19,20). The number of alkyl halides is 7. The van der Waals surface area contributed by atoms with Gasteiger partial charge in [-0.2, -0.15) is 26.3 Å². The molecule has 0 spiro atoms. The van der Waals surface area contributed by atoms with E-state index in [-0.39, 0.29) is 0 Å². The second-order valence-electron chi connectivity index (χ2n) is 3.59. The third kappa shape index (κ3) is 2.89. The summed E-state index contributed by atoms with van der Waals surface area (Å²) in [6, 6.07) is 3.88. The first-order chi connectivity index (χ1) is 8.91. The zero-order chi connectivity index (χ0) is 15.8.